The van der Waals surface area contributed by atoms with Crippen molar-refractivity contribution in [2.45, 2.75) is 25.6 Å². The second-order valence-corrected chi connectivity index (χ2v) is 7.29. The average molecular weight is 402 g/mol. The first kappa shape index (κ1) is 19.5. The van der Waals surface area contributed by atoms with E-state index < -0.39 is 5.79 Å². The lowest BCUT2D eigenvalue weighted by molar-refractivity contribution is -0.194. The molecule has 0 bridgehead atoms. The van der Waals surface area contributed by atoms with Gasteiger partial charge in [-0.15, -0.1) is 0 Å². The van der Waals surface area contributed by atoms with Crippen LogP contribution in [0.1, 0.15) is 30.9 Å². The minimum atomic E-state index is -0.828. The molecule has 0 fully saturated rings. The third-order valence-electron chi connectivity index (χ3n) is 5.93. The topological polar surface area (TPSA) is 64.6 Å². The second-order valence-electron chi connectivity index (χ2n) is 7.29. The average Bonchev–Trinajstić information content (AvgIpc) is 3.19. The van der Waals surface area contributed by atoms with Crippen LogP contribution in [-0.2, 0) is 4.74 Å². The quantitative estimate of drug-likeness (QED) is 0.750. The molecule has 2 aliphatic heterocycles. The van der Waals surface area contributed by atoms with Gasteiger partial charge in [-0.2, -0.15) is 0 Å². The van der Waals surface area contributed by atoms with Crippen molar-refractivity contribution < 1.29 is 33.2 Å². The van der Waals surface area contributed by atoms with Crippen LogP contribution in [0.2, 0.25) is 0 Å². The van der Waals surface area contributed by atoms with E-state index in [9.17, 15) is 0 Å². The first-order chi connectivity index (χ1) is 14.0. The summed E-state index contributed by atoms with van der Waals surface area (Å²) in [7, 11) is 6.47. The molecule has 3 unspecified atom stereocenters. The Morgan fingerprint density at radius 2 is 1.48 bits per heavy atom. The van der Waals surface area contributed by atoms with E-state index >= 15 is 0 Å². The maximum absolute atomic E-state index is 6.27. The molecule has 0 radical (unpaired) electrons. The highest BCUT2D eigenvalue weighted by Crippen LogP contribution is 2.53. The van der Waals surface area contributed by atoms with Gasteiger partial charge in [-0.05, 0) is 23.8 Å². The number of hydrogen-bond donors (Lipinski definition) is 0. The van der Waals surface area contributed by atoms with E-state index in [0.717, 1.165) is 11.1 Å². The molecule has 7 heteroatoms. The van der Waals surface area contributed by atoms with Crippen molar-refractivity contribution in [2.75, 3.05) is 35.2 Å². The Balaban J connectivity index is 1.93. The first-order valence-electron chi connectivity index (χ1n) is 9.43. The Hall–Kier alpha value is -2.80. The highest BCUT2D eigenvalue weighted by atomic mass is 16.7. The van der Waals surface area contributed by atoms with Crippen LogP contribution in [0, 0.1) is 5.92 Å². The molecule has 156 valence electrons. The van der Waals surface area contributed by atoms with Crippen molar-refractivity contribution in [1.82, 2.24) is 0 Å². The van der Waals surface area contributed by atoms with Crippen LogP contribution in [0.25, 0.3) is 0 Å². The summed E-state index contributed by atoms with van der Waals surface area (Å²) in [4.78, 5) is 0. The van der Waals surface area contributed by atoms with Crippen molar-refractivity contribution >= 4 is 0 Å². The van der Waals surface area contributed by atoms with Gasteiger partial charge in [0, 0.05) is 37.5 Å². The monoisotopic (exact) mass is 402 g/mol. The summed E-state index contributed by atoms with van der Waals surface area (Å²) in [6.45, 7) is 4.24. The summed E-state index contributed by atoms with van der Waals surface area (Å²) in [5.74, 6) is 2.91. The van der Waals surface area contributed by atoms with Gasteiger partial charge in [0.05, 0.1) is 21.3 Å². The second kappa shape index (κ2) is 7.22. The molecule has 0 saturated carbocycles. The molecule has 2 heterocycles. The Bertz CT molecular complexity index is 901. The Labute approximate surface area is 170 Å². The van der Waals surface area contributed by atoms with Gasteiger partial charge >= 0.3 is 0 Å². The van der Waals surface area contributed by atoms with Crippen LogP contribution in [0.5, 0.6) is 34.5 Å². The summed E-state index contributed by atoms with van der Waals surface area (Å²) in [6.07, 6.45) is 0. The number of benzene rings is 2. The van der Waals surface area contributed by atoms with Gasteiger partial charge in [0.25, 0.3) is 0 Å². The molecule has 3 atom stereocenters. The summed E-state index contributed by atoms with van der Waals surface area (Å²) < 4.78 is 39.8. The van der Waals surface area contributed by atoms with Crippen molar-refractivity contribution in [3.63, 3.8) is 0 Å². The molecule has 2 aromatic carbocycles. The zero-order valence-electron chi connectivity index (χ0n) is 17.5. The largest absolute Gasteiger partial charge is 0.493 e. The number of fused-ring (bicyclic) bond motifs is 2. The molecule has 2 aromatic rings. The molecular weight excluding hydrogens is 376 g/mol. The van der Waals surface area contributed by atoms with E-state index in [1.54, 1.807) is 28.4 Å². The van der Waals surface area contributed by atoms with Crippen molar-refractivity contribution in [2.24, 2.45) is 5.92 Å². The molecule has 2 aliphatic rings. The molecule has 0 aliphatic carbocycles. The Morgan fingerprint density at radius 1 is 0.862 bits per heavy atom. The maximum atomic E-state index is 6.27. The molecule has 0 N–H and O–H groups in total. The van der Waals surface area contributed by atoms with Gasteiger partial charge in [-0.3, -0.25) is 0 Å². The van der Waals surface area contributed by atoms with Gasteiger partial charge in [0.2, 0.25) is 18.3 Å². The van der Waals surface area contributed by atoms with E-state index in [1.165, 1.54) is 0 Å². The van der Waals surface area contributed by atoms with E-state index in [2.05, 4.69) is 6.92 Å². The number of methoxy groups -OCH3 is 4. The van der Waals surface area contributed by atoms with Crippen LogP contribution in [0.15, 0.2) is 24.3 Å². The van der Waals surface area contributed by atoms with E-state index in [-0.39, 0.29) is 18.6 Å². The predicted molar refractivity (Wildman–Crippen MR) is 106 cm³/mol. The van der Waals surface area contributed by atoms with Gasteiger partial charge < -0.3 is 33.2 Å². The summed E-state index contributed by atoms with van der Waals surface area (Å²) >= 11 is 0. The van der Waals surface area contributed by atoms with Crippen LogP contribution in [0.4, 0.5) is 0 Å². The molecular formula is C22H26O7. The smallest absolute Gasteiger partial charge is 0.231 e. The van der Waals surface area contributed by atoms with Crippen molar-refractivity contribution in [1.29, 1.82) is 0 Å². The van der Waals surface area contributed by atoms with E-state index in [4.69, 9.17) is 33.2 Å². The Kier molecular flexibility index (Phi) is 4.86. The van der Waals surface area contributed by atoms with Crippen LogP contribution >= 0.6 is 0 Å². The minimum Gasteiger partial charge on any atom is -0.493 e. The predicted octanol–water partition coefficient (Wildman–Crippen LogP) is 3.96. The lowest BCUT2D eigenvalue weighted by Gasteiger charge is -2.44. The lowest BCUT2D eigenvalue weighted by Crippen LogP contribution is -2.47. The summed E-state index contributed by atoms with van der Waals surface area (Å²) in [6, 6.07) is 7.79. The maximum Gasteiger partial charge on any atom is 0.231 e. The third-order valence-corrected chi connectivity index (χ3v) is 5.93. The van der Waals surface area contributed by atoms with Crippen molar-refractivity contribution in [3.05, 3.63) is 35.4 Å². The zero-order chi connectivity index (χ0) is 20.8. The van der Waals surface area contributed by atoms with Gasteiger partial charge in [-0.1, -0.05) is 6.92 Å². The number of hydrogen-bond acceptors (Lipinski definition) is 7. The van der Waals surface area contributed by atoms with E-state index in [0.29, 0.717) is 34.5 Å². The number of ether oxygens (including phenoxy) is 7. The molecule has 7 nitrogen and oxygen atoms in total. The highest BCUT2D eigenvalue weighted by Gasteiger charge is 2.46. The minimum absolute atomic E-state index is 0.0248. The fraction of sp³-hybridized carbons (Fsp3) is 0.455. The molecule has 4 rings (SSSR count). The van der Waals surface area contributed by atoms with Crippen LogP contribution in [0.3, 0.4) is 0 Å². The van der Waals surface area contributed by atoms with Gasteiger partial charge in [0.15, 0.2) is 23.0 Å². The molecule has 0 spiro atoms. The zero-order valence-corrected chi connectivity index (χ0v) is 17.5. The lowest BCUT2D eigenvalue weighted by atomic mass is 9.75. The fourth-order valence-corrected chi connectivity index (χ4v) is 4.13. The molecule has 0 aromatic heterocycles. The Morgan fingerprint density at radius 3 is 2.03 bits per heavy atom. The third kappa shape index (κ3) is 3.00. The first-order valence-corrected chi connectivity index (χ1v) is 9.43. The van der Waals surface area contributed by atoms with Gasteiger partial charge in [-0.25, -0.2) is 0 Å². The van der Waals surface area contributed by atoms with Crippen LogP contribution in [-0.4, -0.2) is 41.0 Å². The molecule has 0 amide bonds. The number of rotatable bonds is 5. The van der Waals surface area contributed by atoms with Crippen molar-refractivity contribution in [3.8, 4) is 34.5 Å². The SMILES string of the molecule is COc1cc(C2c3cc4c(cc3OC(C)(OC)C2C)OCO4)cc(OC)c1OC. The molecule has 29 heavy (non-hydrogen) atoms. The summed E-state index contributed by atoms with van der Waals surface area (Å²) in [5.41, 5.74) is 1.99. The fourth-order valence-electron chi connectivity index (χ4n) is 4.13. The van der Waals surface area contributed by atoms with Gasteiger partial charge in [0.1, 0.15) is 5.75 Å². The standard InChI is InChI=1S/C22H26O7/c1-12-20(13-7-18(23-3)21(25-5)19(8-13)24-4)14-9-16-17(28-11-27-16)10-15(14)29-22(12,2)26-6/h7-10,12,20H,11H2,1-6H3. The van der Waals surface area contributed by atoms with Crippen LogP contribution < -0.4 is 28.4 Å². The highest BCUT2D eigenvalue weighted by molar-refractivity contribution is 5.60. The summed E-state index contributed by atoms with van der Waals surface area (Å²) in [5, 5.41) is 0. The molecule has 0 saturated heterocycles. The van der Waals surface area contributed by atoms with E-state index in [1.807, 2.05) is 31.2 Å². The normalized spacial score (nSPS) is 24.5.